The number of hydrogen-bond acceptors (Lipinski definition) is 6. The molecule has 2 aromatic heterocycles. The maximum Gasteiger partial charge on any atom is 0.435 e. The van der Waals surface area contributed by atoms with E-state index in [2.05, 4.69) is 10.1 Å². The van der Waals surface area contributed by atoms with Crippen molar-refractivity contribution in [2.45, 2.75) is 51.9 Å². The summed E-state index contributed by atoms with van der Waals surface area (Å²) in [7, 11) is 1.52. The summed E-state index contributed by atoms with van der Waals surface area (Å²) in [4.78, 5) is 16.8. The Kier molecular flexibility index (Phi) is 8.13. The fraction of sp³-hybridized carbons (Fsp3) is 0.300. The van der Waals surface area contributed by atoms with Crippen molar-refractivity contribution in [3.05, 3.63) is 91.8 Å². The molecule has 1 N–H and O–H groups in total. The second-order valence-corrected chi connectivity index (χ2v) is 11.1. The van der Waals surface area contributed by atoms with Gasteiger partial charge in [0.05, 0.1) is 26.9 Å². The Hall–Kier alpha value is -3.76. The summed E-state index contributed by atoms with van der Waals surface area (Å²) in [5, 5.41) is 14.3. The zero-order valence-corrected chi connectivity index (χ0v) is 24.4. The number of halogens is 5. The lowest BCUT2D eigenvalue weighted by atomic mass is 9.99. The molecule has 0 aliphatic heterocycles. The number of rotatable bonds is 9. The van der Waals surface area contributed by atoms with Gasteiger partial charge in [0.2, 0.25) is 5.88 Å². The van der Waals surface area contributed by atoms with Crippen LogP contribution >= 0.6 is 23.2 Å². The minimum atomic E-state index is -4.77. The van der Waals surface area contributed by atoms with Crippen LogP contribution in [0.15, 0.2) is 47.0 Å². The first-order chi connectivity index (χ1) is 19.8. The van der Waals surface area contributed by atoms with E-state index >= 15 is 0 Å². The SMILES string of the molecule is Cc1cc(CN(C)c2ccc(OCc3c(-c4c(Cl)cccc4Cl)noc3C3CC3)nc2C(F)(F)F)cc(C)c1C(=O)O. The molecule has 1 aliphatic carbocycles. The lowest BCUT2D eigenvalue weighted by Gasteiger charge is -2.24. The lowest BCUT2D eigenvalue weighted by Crippen LogP contribution is -2.22. The number of carbonyl (C=O) groups is 1. The average molecular weight is 620 g/mol. The molecule has 0 atom stereocenters. The predicted octanol–water partition coefficient (Wildman–Crippen LogP) is 8.47. The zero-order valence-electron chi connectivity index (χ0n) is 22.9. The standard InChI is InChI=1S/C30H26Cl2F3N3O4/c1-15-11-17(12-16(2)24(15)29(39)40)13-38(3)22-9-10-23(36-28(22)30(33,34)35)41-14-19-26(37-42-27(19)18-7-8-18)25-20(31)5-4-6-21(25)32/h4-6,9-12,18H,7-8,13-14H2,1-3H3,(H,39,40). The number of aromatic nitrogens is 2. The molecule has 4 aromatic rings. The van der Waals surface area contributed by atoms with E-state index in [-0.39, 0.29) is 36.2 Å². The minimum Gasteiger partial charge on any atom is -0.478 e. The Morgan fingerprint density at radius 2 is 1.76 bits per heavy atom. The van der Waals surface area contributed by atoms with Crippen molar-refractivity contribution in [3.8, 4) is 17.1 Å². The Labute approximate surface area is 249 Å². The van der Waals surface area contributed by atoms with E-state index in [1.165, 1.54) is 24.1 Å². The van der Waals surface area contributed by atoms with Gasteiger partial charge in [-0.1, -0.05) is 46.6 Å². The van der Waals surface area contributed by atoms with Crippen molar-refractivity contribution < 1.29 is 32.3 Å². The highest BCUT2D eigenvalue weighted by molar-refractivity contribution is 6.39. The Bertz CT molecular complexity index is 1620. The number of alkyl halides is 3. The van der Waals surface area contributed by atoms with Crippen LogP contribution in [-0.4, -0.2) is 28.3 Å². The van der Waals surface area contributed by atoms with Crippen LogP contribution in [0.25, 0.3) is 11.3 Å². The van der Waals surface area contributed by atoms with Crippen molar-refractivity contribution in [1.29, 1.82) is 0 Å². The molecule has 0 radical (unpaired) electrons. The number of nitrogens with zero attached hydrogens (tertiary/aromatic N) is 3. The number of carboxylic acids is 1. The molecule has 0 bridgehead atoms. The molecule has 0 unspecified atom stereocenters. The molecule has 1 aliphatic rings. The third kappa shape index (κ3) is 6.05. The van der Waals surface area contributed by atoms with Crippen LogP contribution in [0.2, 0.25) is 10.0 Å². The summed E-state index contributed by atoms with van der Waals surface area (Å²) in [6, 6.07) is 11.0. The Morgan fingerprint density at radius 3 is 2.33 bits per heavy atom. The molecule has 1 fully saturated rings. The number of hydrogen-bond donors (Lipinski definition) is 1. The predicted molar refractivity (Wildman–Crippen MR) is 152 cm³/mol. The fourth-order valence-corrected chi connectivity index (χ4v) is 5.64. The number of aromatic carboxylic acids is 1. The minimum absolute atomic E-state index is 0.0972. The van der Waals surface area contributed by atoms with Gasteiger partial charge in [0.25, 0.3) is 0 Å². The second kappa shape index (κ2) is 11.5. The summed E-state index contributed by atoms with van der Waals surface area (Å²) in [6.45, 7) is 3.26. The molecule has 2 heterocycles. The highest BCUT2D eigenvalue weighted by Gasteiger charge is 2.38. The molecule has 0 saturated heterocycles. The molecule has 7 nitrogen and oxygen atoms in total. The molecular weight excluding hydrogens is 594 g/mol. The smallest absolute Gasteiger partial charge is 0.435 e. The van der Waals surface area contributed by atoms with Gasteiger partial charge in [0.15, 0.2) is 5.69 Å². The first kappa shape index (κ1) is 29.7. The molecule has 42 heavy (non-hydrogen) atoms. The molecule has 220 valence electrons. The third-order valence-corrected chi connectivity index (χ3v) is 7.71. The van der Waals surface area contributed by atoms with Crippen LogP contribution in [0.4, 0.5) is 18.9 Å². The normalized spacial score (nSPS) is 13.3. The number of ether oxygens (including phenoxy) is 1. The van der Waals surface area contributed by atoms with Gasteiger partial charge in [-0.15, -0.1) is 0 Å². The number of benzene rings is 2. The number of pyridine rings is 1. The average Bonchev–Trinajstić information content (AvgIpc) is 3.66. The van der Waals surface area contributed by atoms with E-state index in [0.29, 0.717) is 49.3 Å². The molecule has 1 saturated carbocycles. The quantitative estimate of drug-likeness (QED) is 0.201. The Balaban J connectivity index is 1.42. The van der Waals surface area contributed by atoms with Crippen molar-refractivity contribution in [3.63, 3.8) is 0 Å². The Morgan fingerprint density at radius 1 is 1.12 bits per heavy atom. The van der Waals surface area contributed by atoms with Gasteiger partial charge in [0, 0.05) is 31.1 Å². The third-order valence-electron chi connectivity index (χ3n) is 7.08. The van der Waals surface area contributed by atoms with Gasteiger partial charge in [-0.2, -0.15) is 13.2 Å². The monoisotopic (exact) mass is 619 g/mol. The first-order valence-electron chi connectivity index (χ1n) is 13.0. The van der Waals surface area contributed by atoms with E-state index in [9.17, 15) is 23.1 Å². The summed E-state index contributed by atoms with van der Waals surface area (Å²) < 4.78 is 54.0. The second-order valence-electron chi connectivity index (χ2n) is 10.3. The summed E-state index contributed by atoms with van der Waals surface area (Å²) in [6.07, 6.45) is -2.98. The van der Waals surface area contributed by atoms with Crippen molar-refractivity contribution in [2.24, 2.45) is 0 Å². The van der Waals surface area contributed by atoms with Gasteiger partial charge in [-0.3, -0.25) is 0 Å². The van der Waals surface area contributed by atoms with Crippen LogP contribution in [0.3, 0.4) is 0 Å². The summed E-state index contributed by atoms with van der Waals surface area (Å²) in [5.41, 5.74) is 2.02. The molecule has 2 aromatic carbocycles. The van der Waals surface area contributed by atoms with E-state index in [4.69, 9.17) is 32.5 Å². The van der Waals surface area contributed by atoms with Gasteiger partial charge in [-0.05, 0) is 61.6 Å². The topological polar surface area (TPSA) is 88.7 Å². The molecular formula is C30H26Cl2F3N3O4. The highest BCUT2D eigenvalue weighted by Crippen LogP contribution is 2.46. The van der Waals surface area contributed by atoms with E-state index in [1.54, 1.807) is 44.2 Å². The van der Waals surface area contributed by atoms with Crippen molar-refractivity contribution in [2.75, 3.05) is 11.9 Å². The first-order valence-corrected chi connectivity index (χ1v) is 13.8. The zero-order chi connectivity index (χ0) is 30.3. The number of aryl methyl sites for hydroxylation is 2. The molecule has 0 spiro atoms. The highest BCUT2D eigenvalue weighted by atomic mass is 35.5. The molecule has 12 heteroatoms. The molecule has 5 rings (SSSR count). The van der Waals surface area contributed by atoms with Gasteiger partial charge in [0.1, 0.15) is 18.1 Å². The van der Waals surface area contributed by atoms with Crippen LogP contribution in [-0.2, 0) is 19.3 Å². The lowest BCUT2D eigenvalue weighted by molar-refractivity contribution is -0.140. The van der Waals surface area contributed by atoms with Gasteiger partial charge in [-0.25, -0.2) is 9.78 Å². The van der Waals surface area contributed by atoms with Crippen LogP contribution in [0.5, 0.6) is 5.88 Å². The van der Waals surface area contributed by atoms with E-state index < -0.39 is 17.8 Å². The van der Waals surface area contributed by atoms with Crippen molar-refractivity contribution >= 4 is 34.9 Å². The molecule has 0 amide bonds. The summed E-state index contributed by atoms with van der Waals surface area (Å²) >= 11 is 12.8. The van der Waals surface area contributed by atoms with Crippen molar-refractivity contribution in [1.82, 2.24) is 10.1 Å². The van der Waals surface area contributed by atoms with Crippen LogP contribution < -0.4 is 9.64 Å². The number of carboxylic acid groups (broad SMARTS) is 1. The maximum atomic E-state index is 14.2. The maximum absolute atomic E-state index is 14.2. The van der Waals surface area contributed by atoms with E-state index in [1.807, 2.05) is 0 Å². The van der Waals surface area contributed by atoms with Gasteiger partial charge >= 0.3 is 12.1 Å². The van der Waals surface area contributed by atoms with Gasteiger partial charge < -0.3 is 19.3 Å². The number of anilines is 1. The summed E-state index contributed by atoms with van der Waals surface area (Å²) in [5.74, 6) is -0.553. The fourth-order valence-electron chi connectivity index (χ4n) is 5.07. The van der Waals surface area contributed by atoms with Crippen LogP contribution in [0.1, 0.15) is 62.8 Å². The van der Waals surface area contributed by atoms with E-state index in [0.717, 1.165) is 12.8 Å². The van der Waals surface area contributed by atoms with Crippen LogP contribution in [0, 0.1) is 13.8 Å². The largest absolute Gasteiger partial charge is 0.478 e.